The minimum atomic E-state index is 0.0590. The van der Waals surface area contributed by atoms with Crippen LogP contribution in [0.3, 0.4) is 0 Å². The summed E-state index contributed by atoms with van der Waals surface area (Å²) in [5, 5.41) is 1.03. The van der Waals surface area contributed by atoms with Crippen molar-refractivity contribution in [1.29, 1.82) is 0 Å². The number of hydrogen-bond donors (Lipinski definition) is 0. The maximum absolute atomic E-state index is 12.7. The van der Waals surface area contributed by atoms with Gasteiger partial charge in [0.1, 0.15) is 17.1 Å². The van der Waals surface area contributed by atoms with Crippen LogP contribution >= 0.6 is 0 Å². The predicted molar refractivity (Wildman–Crippen MR) is 101 cm³/mol. The maximum Gasteiger partial charge on any atom is 0.227 e. The van der Waals surface area contributed by atoms with Crippen LogP contribution in [0.1, 0.15) is 47.5 Å². The molecular formula is C22H25NO3. The van der Waals surface area contributed by atoms with Gasteiger partial charge in [-0.1, -0.05) is 19.1 Å². The highest BCUT2D eigenvalue weighted by Gasteiger charge is 2.36. The zero-order valence-corrected chi connectivity index (χ0v) is 15.8. The Bertz CT molecular complexity index is 965. The van der Waals surface area contributed by atoms with Gasteiger partial charge in [0.05, 0.1) is 19.2 Å². The van der Waals surface area contributed by atoms with Crippen LogP contribution in [0.2, 0.25) is 0 Å². The van der Waals surface area contributed by atoms with E-state index in [1.54, 1.807) is 11.2 Å². The summed E-state index contributed by atoms with van der Waals surface area (Å²) >= 11 is 0. The number of benzene rings is 1. The van der Waals surface area contributed by atoms with E-state index in [4.69, 9.17) is 8.83 Å². The van der Waals surface area contributed by atoms with Crippen molar-refractivity contribution in [2.75, 3.05) is 7.05 Å². The SMILES string of the molecule is Cc1ccc2c(CC(=O)N(C)Cc3ccc([C@H]4C[C@H]4C)o3)coc2c1C. The summed E-state index contributed by atoms with van der Waals surface area (Å²) in [4.78, 5) is 14.4. The van der Waals surface area contributed by atoms with Gasteiger partial charge in [0.25, 0.3) is 0 Å². The zero-order valence-electron chi connectivity index (χ0n) is 15.8. The fourth-order valence-electron chi connectivity index (χ4n) is 3.54. The molecule has 1 saturated carbocycles. The number of hydrogen-bond acceptors (Lipinski definition) is 3. The topological polar surface area (TPSA) is 46.6 Å². The second-order valence-corrected chi connectivity index (χ2v) is 7.70. The summed E-state index contributed by atoms with van der Waals surface area (Å²) < 4.78 is 11.6. The Kier molecular flexibility index (Phi) is 4.14. The van der Waals surface area contributed by atoms with Crippen molar-refractivity contribution in [3.63, 3.8) is 0 Å². The first-order chi connectivity index (χ1) is 12.4. The van der Waals surface area contributed by atoms with Crippen molar-refractivity contribution in [2.45, 2.75) is 46.1 Å². The van der Waals surface area contributed by atoms with Crippen molar-refractivity contribution < 1.29 is 13.6 Å². The molecule has 1 amide bonds. The molecule has 0 N–H and O–H groups in total. The molecule has 2 aromatic heterocycles. The summed E-state index contributed by atoms with van der Waals surface area (Å²) in [5.74, 6) is 3.24. The first-order valence-corrected chi connectivity index (χ1v) is 9.23. The van der Waals surface area contributed by atoms with Gasteiger partial charge in [-0.15, -0.1) is 0 Å². The fourth-order valence-corrected chi connectivity index (χ4v) is 3.54. The van der Waals surface area contributed by atoms with Crippen molar-refractivity contribution >= 4 is 16.9 Å². The standard InChI is InChI=1S/C22H25NO3/c1-13-5-7-18-16(12-25-22(18)15(13)3)10-21(24)23(4)11-17-6-8-20(26-17)19-9-14(19)2/h5-8,12,14,19H,9-11H2,1-4H3/t14-,19+/m1/s1. The lowest BCUT2D eigenvalue weighted by molar-refractivity contribution is -0.129. The summed E-state index contributed by atoms with van der Waals surface area (Å²) in [6.07, 6.45) is 3.25. The molecule has 1 aromatic carbocycles. The van der Waals surface area contributed by atoms with Crippen molar-refractivity contribution in [1.82, 2.24) is 4.90 Å². The third-order valence-electron chi connectivity index (χ3n) is 5.66. The molecule has 0 aliphatic heterocycles. The molecule has 1 aliphatic carbocycles. The van der Waals surface area contributed by atoms with Crippen molar-refractivity contribution in [3.05, 3.63) is 58.7 Å². The molecule has 0 unspecified atom stereocenters. The Labute approximate surface area is 153 Å². The average molecular weight is 351 g/mol. The molecule has 1 fully saturated rings. The largest absolute Gasteiger partial charge is 0.464 e. The van der Waals surface area contributed by atoms with Crippen LogP contribution < -0.4 is 0 Å². The van der Waals surface area contributed by atoms with E-state index in [0.29, 0.717) is 18.9 Å². The summed E-state index contributed by atoms with van der Waals surface area (Å²) in [7, 11) is 1.82. The van der Waals surface area contributed by atoms with E-state index in [1.807, 2.05) is 26.1 Å². The number of carbonyl (C=O) groups is 1. The van der Waals surface area contributed by atoms with E-state index in [0.717, 1.165) is 39.5 Å². The van der Waals surface area contributed by atoms with Gasteiger partial charge in [-0.25, -0.2) is 0 Å². The van der Waals surface area contributed by atoms with Crippen LogP contribution in [0.25, 0.3) is 11.0 Å². The minimum Gasteiger partial charge on any atom is -0.464 e. The number of nitrogens with zero attached hydrogens (tertiary/aromatic N) is 1. The predicted octanol–water partition coefficient (Wildman–Crippen LogP) is 4.97. The number of furan rings is 2. The first kappa shape index (κ1) is 17.0. The van der Waals surface area contributed by atoms with Crippen molar-refractivity contribution in [2.24, 2.45) is 5.92 Å². The molecule has 0 spiro atoms. The van der Waals surface area contributed by atoms with E-state index in [1.165, 1.54) is 12.0 Å². The summed E-state index contributed by atoms with van der Waals surface area (Å²) in [6.45, 7) is 6.85. The Morgan fingerprint density at radius 1 is 1.23 bits per heavy atom. The van der Waals surface area contributed by atoms with Crippen LogP contribution in [0.5, 0.6) is 0 Å². The molecule has 0 bridgehead atoms. The Hall–Kier alpha value is -2.49. The molecule has 4 nitrogen and oxygen atoms in total. The number of fused-ring (bicyclic) bond motifs is 1. The summed E-state index contributed by atoms with van der Waals surface area (Å²) in [5.41, 5.74) is 4.14. The highest BCUT2D eigenvalue weighted by atomic mass is 16.3. The van der Waals surface area contributed by atoms with E-state index >= 15 is 0 Å². The zero-order chi connectivity index (χ0) is 18.4. The lowest BCUT2D eigenvalue weighted by Crippen LogP contribution is -2.27. The fraction of sp³-hybridized carbons (Fsp3) is 0.409. The molecule has 26 heavy (non-hydrogen) atoms. The lowest BCUT2D eigenvalue weighted by atomic mass is 10.0. The highest BCUT2D eigenvalue weighted by Crippen LogP contribution is 2.47. The monoisotopic (exact) mass is 351 g/mol. The molecule has 136 valence electrons. The second-order valence-electron chi connectivity index (χ2n) is 7.70. The van der Waals surface area contributed by atoms with E-state index in [-0.39, 0.29) is 5.91 Å². The van der Waals surface area contributed by atoms with Gasteiger partial charge in [0.2, 0.25) is 5.91 Å². The summed E-state index contributed by atoms with van der Waals surface area (Å²) in [6, 6.07) is 8.16. The molecular weight excluding hydrogens is 326 g/mol. The maximum atomic E-state index is 12.7. The smallest absolute Gasteiger partial charge is 0.227 e. The van der Waals surface area contributed by atoms with Gasteiger partial charge in [0.15, 0.2) is 0 Å². The lowest BCUT2D eigenvalue weighted by Gasteiger charge is -2.15. The van der Waals surface area contributed by atoms with Crippen LogP contribution in [-0.4, -0.2) is 17.9 Å². The highest BCUT2D eigenvalue weighted by molar-refractivity contribution is 5.89. The third kappa shape index (κ3) is 3.05. The van der Waals surface area contributed by atoms with Gasteiger partial charge >= 0.3 is 0 Å². The Morgan fingerprint density at radius 3 is 2.73 bits per heavy atom. The van der Waals surface area contributed by atoms with Gasteiger partial charge in [-0.05, 0) is 49.4 Å². The molecule has 2 atom stereocenters. The van der Waals surface area contributed by atoms with Crippen LogP contribution in [0, 0.1) is 19.8 Å². The normalized spacial score (nSPS) is 19.1. The second kappa shape index (κ2) is 6.35. The Balaban J connectivity index is 1.44. The van der Waals surface area contributed by atoms with Crippen LogP contribution in [-0.2, 0) is 17.8 Å². The molecule has 4 rings (SSSR count). The third-order valence-corrected chi connectivity index (χ3v) is 5.66. The average Bonchev–Trinajstić information content (AvgIpc) is 3.00. The van der Waals surface area contributed by atoms with E-state index < -0.39 is 0 Å². The molecule has 0 saturated heterocycles. The molecule has 4 heteroatoms. The molecule has 1 aliphatic rings. The van der Waals surface area contributed by atoms with Crippen molar-refractivity contribution in [3.8, 4) is 0 Å². The number of aryl methyl sites for hydroxylation is 2. The first-order valence-electron chi connectivity index (χ1n) is 9.23. The quantitative estimate of drug-likeness (QED) is 0.652. The number of rotatable bonds is 5. The van der Waals surface area contributed by atoms with Gasteiger partial charge in [0, 0.05) is 23.9 Å². The van der Waals surface area contributed by atoms with Gasteiger partial charge < -0.3 is 13.7 Å². The van der Waals surface area contributed by atoms with E-state index in [2.05, 4.69) is 26.0 Å². The van der Waals surface area contributed by atoms with E-state index in [9.17, 15) is 4.79 Å². The number of likely N-dealkylation sites (N-methyl/N-ethyl adjacent to an activating group) is 1. The van der Waals surface area contributed by atoms with Gasteiger partial charge in [-0.3, -0.25) is 4.79 Å². The van der Waals surface area contributed by atoms with Crippen LogP contribution in [0.15, 0.2) is 39.4 Å². The number of amides is 1. The van der Waals surface area contributed by atoms with Gasteiger partial charge in [-0.2, -0.15) is 0 Å². The Morgan fingerprint density at radius 2 is 2.00 bits per heavy atom. The molecule has 0 radical (unpaired) electrons. The molecule has 3 aromatic rings. The number of carbonyl (C=O) groups excluding carboxylic acids is 1. The molecule has 2 heterocycles. The van der Waals surface area contributed by atoms with Crippen LogP contribution in [0.4, 0.5) is 0 Å². The minimum absolute atomic E-state index is 0.0590.